The minimum atomic E-state index is 0.624. The Kier molecular flexibility index (Phi) is 7.49. The highest BCUT2D eigenvalue weighted by Crippen LogP contribution is 2.24. The standard InChI is InChI=1S/C12H26N2S/c1-11(2)14-8-5-7-13-10-12-6-3-4-9-15-12/h11-14H,3-10H2,1-2H3. The topological polar surface area (TPSA) is 24.1 Å². The van der Waals surface area contributed by atoms with Gasteiger partial charge in [0.05, 0.1) is 0 Å². The van der Waals surface area contributed by atoms with Crippen LogP contribution in [0.25, 0.3) is 0 Å². The maximum atomic E-state index is 3.57. The summed E-state index contributed by atoms with van der Waals surface area (Å²) < 4.78 is 0. The van der Waals surface area contributed by atoms with E-state index in [1.165, 1.54) is 38.0 Å². The second-order valence-electron chi connectivity index (χ2n) is 4.66. The van der Waals surface area contributed by atoms with Crippen molar-refractivity contribution in [2.24, 2.45) is 0 Å². The van der Waals surface area contributed by atoms with Gasteiger partial charge in [-0.2, -0.15) is 11.8 Å². The molecule has 0 aliphatic carbocycles. The first kappa shape index (κ1) is 13.3. The number of thioether (sulfide) groups is 1. The number of hydrogen-bond donors (Lipinski definition) is 2. The smallest absolute Gasteiger partial charge is 0.0172 e. The van der Waals surface area contributed by atoms with E-state index >= 15 is 0 Å². The molecule has 0 amide bonds. The van der Waals surface area contributed by atoms with Gasteiger partial charge in [-0.05, 0) is 38.1 Å². The second-order valence-corrected chi connectivity index (χ2v) is 6.06. The first-order chi connectivity index (χ1) is 7.29. The molecule has 3 heteroatoms. The van der Waals surface area contributed by atoms with Crippen molar-refractivity contribution in [2.75, 3.05) is 25.4 Å². The lowest BCUT2D eigenvalue weighted by atomic mass is 10.2. The first-order valence-corrected chi connectivity index (χ1v) is 7.39. The highest BCUT2D eigenvalue weighted by Gasteiger charge is 2.12. The van der Waals surface area contributed by atoms with Gasteiger partial charge < -0.3 is 10.6 Å². The van der Waals surface area contributed by atoms with Crippen LogP contribution in [0.2, 0.25) is 0 Å². The molecule has 2 nitrogen and oxygen atoms in total. The highest BCUT2D eigenvalue weighted by molar-refractivity contribution is 7.99. The Morgan fingerprint density at radius 2 is 2.13 bits per heavy atom. The number of hydrogen-bond acceptors (Lipinski definition) is 3. The molecule has 0 saturated carbocycles. The monoisotopic (exact) mass is 230 g/mol. The number of nitrogens with one attached hydrogen (secondary N) is 2. The maximum Gasteiger partial charge on any atom is 0.0172 e. The van der Waals surface area contributed by atoms with E-state index in [1.807, 2.05) is 0 Å². The van der Waals surface area contributed by atoms with E-state index < -0.39 is 0 Å². The lowest BCUT2D eigenvalue weighted by Crippen LogP contribution is -2.30. The zero-order valence-corrected chi connectivity index (χ0v) is 11.0. The SMILES string of the molecule is CC(C)NCCCNCC1CCCCS1. The fourth-order valence-electron chi connectivity index (χ4n) is 1.84. The summed E-state index contributed by atoms with van der Waals surface area (Å²) in [6.45, 7) is 7.92. The maximum absolute atomic E-state index is 3.57. The summed E-state index contributed by atoms with van der Waals surface area (Å²) in [5.74, 6) is 1.38. The highest BCUT2D eigenvalue weighted by atomic mass is 32.2. The van der Waals surface area contributed by atoms with Crippen molar-refractivity contribution in [3.8, 4) is 0 Å². The third kappa shape index (κ3) is 7.20. The average Bonchev–Trinajstić information content (AvgIpc) is 2.24. The van der Waals surface area contributed by atoms with Crippen LogP contribution in [0.4, 0.5) is 0 Å². The van der Waals surface area contributed by atoms with Gasteiger partial charge in [0.15, 0.2) is 0 Å². The quantitative estimate of drug-likeness (QED) is 0.656. The predicted molar refractivity (Wildman–Crippen MR) is 70.7 cm³/mol. The molecule has 1 heterocycles. The predicted octanol–water partition coefficient (Wildman–Crippen LogP) is 2.25. The molecular weight excluding hydrogens is 204 g/mol. The Morgan fingerprint density at radius 3 is 2.80 bits per heavy atom. The van der Waals surface area contributed by atoms with Crippen LogP contribution in [0, 0.1) is 0 Å². The van der Waals surface area contributed by atoms with Gasteiger partial charge in [-0.3, -0.25) is 0 Å². The van der Waals surface area contributed by atoms with Crippen LogP contribution in [0.5, 0.6) is 0 Å². The molecule has 1 saturated heterocycles. The Labute approximate surface area is 99.0 Å². The van der Waals surface area contributed by atoms with Crippen molar-refractivity contribution in [2.45, 2.75) is 50.8 Å². The molecule has 0 bridgehead atoms. The molecule has 1 aliphatic heterocycles. The van der Waals surface area contributed by atoms with Crippen molar-refractivity contribution < 1.29 is 0 Å². The summed E-state index contributed by atoms with van der Waals surface area (Å²) >= 11 is 2.15. The molecule has 2 N–H and O–H groups in total. The fraction of sp³-hybridized carbons (Fsp3) is 1.00. The normalized spacial score (nSPS) is 22.2. The van der Waals surface area contributed by atoms with E-state index in [0.717, 1.165) is 18.3 Å². The molecule has 0 spiro atoms. The molecule has 0 aromatic carbocycles. The molecular formula is C12H26N2S. The molecule has 15 heavy (non-hydrogen) atoms. The van der Waals surface area contributed by atoms with Gasteiger partial charge in [-0.25, -0.2) is 0 Å². The molecule has 0 aromatic rings. The van der Waals surface area contributed by atoms with Crippen LogP contribution in [-0.2, 0) is 0 Å². The average molecular weight is 230 g/mol. The van der Waals surface area contributed by atoms with Gasteiger partial charge in [0.1, 0.15) is 0 Å². The largest absolute Gasteiger partial charge is 0.316 e. The Bertz CT molecular complexity index is 145. The molecule has 1 atom stereocenters. The van der Waals surface area contributed by atoms with Gasteiger partial charge in [-0.15, -0.1) is 0 Å². The summed E-state index contributed by atoms with van der Waals surface area (Å²) in [7, 11) is 0. The van der Waals surface area contributed by atoms with Gasteiger partial charge >= 0.3 is 0 Å². The Hall–Kier alpha value is 0.270. The van der Waals surface area contributed by atoms with Crippen LogP contribution in [0.15, 0.2) is 0 Å². The van der Waals surface area contributed by atoms with Gasteiger partial charge in [-0.1, -0.05) is 20.3 Å². The molecule has 1 rings (SSSR count). The van der Waals surface area contributed by atoms with Crippen LogP contribution >= 0.6 is 11.8 Å². The van der Waals surface area contributed by atoms with E-state index in [1.54, 1.807) is 0 Å². The van der Waals surface area contributed by atoms with Gasteiger partial charge in [0, 0.05) is 17.8 Å². The Morgan fingerprint density at radius 1 is 1.27 bits per heavy atom. The van der Waals surface area contributed by atoms with Crippen LogP contribution in [-0.4, -0.2) is 36.7 Å². The minimum absolute atomic E-state index is 0.624. The third-order valence-electron chi connectivity index (χ3n) is 2.73. The van der Waals surface area contributed by atoms with Crippen molar-refractivity contribution in [1.82, 2.24) is 10.6 Å². The summed E-state index contributed by atoms with van der Waals surface area (Å²) in [4.78, 5) is 0. The molecule has 1 fully saturated rings. The second kappa shape index (κ2) is 8.43. The molecule has 90 valence electrons. The molecule has 1 aliphatic rings. The summed E-state index contributed by atoms with van der Waals surface area (Å²) in [5, 5.41) is 7.89. The fourth-order valence-corrected chi connectivity index (χ4v) is 3.11. The van der Waals surface area contributed by atoms with Crippen LogP contribution in [0.1, 0.15) is 39.5 Å². The molecule has 1 unspecified atom stereocenters. The van der Waals surface area contributed by atoms with E-state index in [2.05, 4.69) is 36.2 Å². The van der Waals surface area contributed by atoms with Crippen molar-refractivity contribution in [1.29, 1.82) is 0 Å². The van der Waals surface area contributed by atoms with E-state index in [9.17, 15) is 0 Å². The van der Waals surface area contributed by atoms with Crippen molar-refractivity contribution >= 4 is 11.8 Å². The van der Waals surface area contributed by atoms with E-state index in [0.29, 0.717) is 6.04 Å². The zero-order valence-electron chi connectivity index (χ0n) is 10.2. The summed E-state index contributed by atoms with van der Waals surface area (Å²) in [6.07, 6.45) is 5.53. The minimum Gasteiger partial charge on any atom is -0.316 e. The van der Waals surface area contributed by atoms with Gasteiger partial charge in [0.2, 0.25) is 0 Å². The van der Waals surface area contributed by atoms with E-state index in [-0.39, 0.29) is 0 Å². The molecule has 0 aromatic heterocycles. The Balaban J connectivity index is 1.83. The first-order valence-electron chi connectivity index (χ1n) is 6.34. The number of rotatable bonds is 7. The van der Waals surface area contributed by atoms with Crippen molar-refractivity contribution in [3.05, 3.63) is 0 Å². The third-order valence-corrected chi connectivity index (χ3v) is 4.13. The zero-order chi connectivity index (χ0) is 10.9. The van der Waals surface area contributed by atoms with Crippen molar-refractivity contribution in [3.63, 3.8) is 0 Å². The summed E-state index contributed by atoms with van der Waals surface area (Å²) in [5.41, 5.74) is 0. The summed E-state index contributed by atoms with van der Waals surface area (Å²) in [6, 6.07) is 0.624. The van der Waals surface area contributed by atoms with Crippen LogP contribution in [0.3, 0.4) is 0 Å². The van der Waals surface area contributed by atoms with Gasteiger partial charge in [0.25, 0.3) is 0 Å². The lowest BCUT2D eigenvalue weighted by molar-refractivity contribution is 0.537. The van der Waals surface area contributed by atoms with E-state index in [4.69, 9.17) is 0 Å². The lowest BCUT2D eigenvalue weighted by Gasteiger charge is -2.21. The molecule has 0 radical (unpaired) electrons. The van der Waals surface area contributed by atoms with Crippen LogP contribution < -0.4 is 10.6 Å².